The Labute approximate surface area is 117 Å². The molecule has 1 aromatic heterocycles. The number of carbonyl (C=O) groups excluding carboxylic acids is 1. The molecule has 0 unspecified atom stereocenters. The van der Waals surface area contributed by atoms with Gasteiger partial charge in [0.25, 0.3) is 0 Å². The Hall–Kier alpha value is -2.02. The highest BCUT2D eigenvalue weighted by Crippen LogP contribution is 2.25. The molecule has 1 amide bonds. The van der Waals surface area contributed by atoms with Crippen molar-refractivity contribution in [3.05, 3.63) is 45.9 Å². The van der Waals surface area contributed by atoms with Crippen molar-refractivity contribution in [2.45, 2.75) is 13.5 Å². The Kier molecular flexibility index (Phi) is 4.29. The minimum Gasteiger partial charge on any atom is -0.378 e. The highest BCUT2D eigenvalue weighted by molar-refractivity contribution is 7.10. The third-order valence-electron chi connectivity index (χ3n) is 2.49. The number of benzene rings is 1. The largest absolute Gasteiger partial charge is 0.378 e. The molecule has 0 aliphatic carbocycles. The summed E-state index contributed by atoms with van der Waals surface area (Å²) in [5, 5.41) is 6.99. The van der Waals surface area contributed by atoms with Crippen molar-refractivity contribution < 1.29 is 18.0 Å². The zero-order chi connectivity index (χ0) is 14.7. The van der Waals surface area contributed by atoms with Gasteiger partial charge in [-0.2, -0.15) is 0 Å². The first kappa shape index (κ1) is 14.4. The molecule has 0 aliphatic rings. The van der Waals surface area contributed by atoms with E-state index in [2.05, 4.69) is 10.6 Å². The van der Waals surface area contributed by atoms with Gasteiger partial charge in [0.2, 0.25) is 5.91 Å². The summed E-state index contributed by atoms with van der Waals surface area (Å²) in [6.45, 7) is 1.52. The van der Waals surface area contributed by atoms with Crippen LogP contribution in [0.15, 0.2) is 23.6 Å². The maximum atomic E-state index is 13.5. The first-order valence-electron chi connectivity index (χ1n) is 5.69. The summed E-state index contributed by atoms with van der Waals surface area (Å²) in [6, 6.07) is 3.06. The van der Waals surface area contributed by atoms with Crippen molar-refractivity contribution >= 4 is 28.6 Å². The average Bonchev–Trinajstić information content (AvgIpc) is 2.78. The van der Waals surface area contributed by atoms with Crippen LogP contribution in [0.25, 0.3) is 0 Å². The van der Waals surface area contributed by atoms with Gasteiger partial charge >= 0.3 is 0 Å². The van der Waals surface area contributed by atoms with Gasteiger partial charge in [0.05, 0.1) is 17.9 Å². The van der Waals surface area contributed by atoms with Gasteiger partial charge in [0.1, 0.15) is 5.82 Å². The number of nitrogens with one attached hydrogen (secondary N) is 2. The van der Waals surface area contributed by atoms with E-state index in [1.807, 2.05) is 0 Å². The van der Waals surface area contributed by atoms with Gasteiger partial charge in [-0.15, -0.1) is 11.3 Å². The Morgan fingerprint density at radius 2 is 2.00 bits per heavy atom. The molecule has 0 bridgehead atoms. The predicted octanol–water partition coefficient (Wildman–Crippen LogP) is 3.74. The number of hydrogen-bond acceptors (Lipinski definition) is 3. The molecular formula is C13H11F3N2OS. The second kappa shape index (κ2) is 5.96. The van der Waals surface area contributed by atoms with Gasteiger partial charge < -0.3 is 10.6 Å². The summed E-state index contributed by atoms with van der Waals surface area (Å²) in [6.07, 6.45) is 0. The van der Waals surface area contributed by atoms with Crippen molar-refractivity contribution in [2.24, 2.45) is 0 Å². The topological polar surface area (TPSA) is 41.1 Å². The molecule has 0 saturated carbocycles. The molecule has 1 heterocycles. The van der Waals surface area contributed by atoms with Gasteiger partial charge in [-0.3, -0.25) is 4.79 Å². The van der Waals surface area contributed by atoms with Gasteiger partial charge in [-0.05, 0) is 11.4 Å². The summed E-state index contributed by atoms with van der Waals surface area (Å²) < 4.78 is 39.5. The summed E-state index contributed by atoms with van der Waals surface area (Å²) in [5.74, 6) is -3.47. The maximum Gasteiger partial charge on any atom is 0.221 e. The zero-order valence-corrected chi connectivity index (χ0v) is 11.3. The Bertz CT molecular complexity index is 643. The van der Waals surface area contributed by atoms with Crippen molar-refractivity contribution in [3.63, 3.8) is 0 Å². The van der Waals surface area contributed by atoms with E-state index < -0.39 is 17.5 Å². The van der Waals surface area contributed by atoms with Crippen LogP contribution in [-0.4, -0.2) is 5.91 Å². The Morgan fingerprint density at radius 3 is 2.70 bits per heavy atom. The molecule has 0 fully saturated rings. The monoisotopic (exact) mass is 300 g/mol. The standard InChI is InChI=1S/C13H11F3N2OS/c1-7(19)18-10-2-3-20-12(10)6-17-11-5-8(14)4-9(15)13(11)16/h2-5,17H,6H2,1H3,(H,18,19). The SMILES string of the molecule is CC(=O)Nc1ccsc1CNc1cc(F)cc(F)c1F. The molecular weight excluding hydrogens is 289 g/mol. The van der Waals surface area contributed by atoms with Crippen molar-refractivity contribution in [1.82, 2.24) is 0 Å². The number of thiophene rings is 1. The zero-order valence-electron chi connectivity index (χ0n) is 10.5. The van der Waals surface area contributed by atoms with Gasteiger partial charge in [0, 0.05) is 23.9 Å². The van der Waals surface area contributed by atoms with Crippen molar-refractivity contribution in [3.8, 4) is 0 Å². The van der Waals surface area contributed by atoms with Crippen LogP contribution in [0.1, 0.15) is 11.8 Å². The lowest BCUT2D eigenvalue weighted by molar-refractivity contribution is -0.114. The quantitative estimate of drug-likeness (QED) is 0.845. The van der Waals surface area contributed by atoms with E-state index in [0.29, 0.717) is 11.8 Å². The molecule has 7 heteroatoms. The molecule has 0 aliphatic heterocycles. The van der Waals surface area contributed by atoms with Crippen LogP contribution in [-0.2, 0) is 11.3 Å². The van der Waals surface area contributed by atoms with Crippen LogP contribution in [0.4, 0.5) is 24.5 Å². The van der Waals surface area contributed by atoms with Crippen LogP contribution in [0.3, 0.4) is 0 Å². The molecule has 2 aromatic rings. The summed E-state index contributed by atoms with van der Waals surface area (Å²) in [7, 11) is 0. The predicted molar refractivity (Wildman–Crippen MR) is 72.3 cm³/mol. The van der Waals surface area contributed by atoms with E-state index in [9.17, 15) is 18.0 Å². The molecule has 20 heavy (non-hydrogen) atoms. The Morgan fingerprint density at radius 1 is 1.25 bits per heavy atom. The normalized spacial score (nSPS) is 10.4. The van der Waals surface area contributed by atoms with Gasteiger partial charge in [-0.25, -0.2) is 13.2 Å². The highest BCUT2D eigenvalue weighted by atomic mass is 32.1. The van der Waals surface area contributed by atoms with Crippen LogP contribution < -0.4 is 10.6 Å². The fourth-order valence-electron chi connectivity index (χ4n) is 1.64. The lowest BCUT2D eigenvalue weighted by Gasteiger charge is -2.09. The highest BCUT2D eigenvalue weighted by Gasteiger charge is 2.12. The third kappa shape index (κ3) is 3.30. The lowest BCUT2D eigenvalue weighted by Crippen LogP contribution is -2.09. The number of halogens is 3. The fraction of sp³-hybridized carbons (Fsp3) is 0.154. The summed E-state index contributed by atoms with van der Waals surface area (Å²) >= 11 is 1.34. The average molecular weight is 300 g/mol. The van der Waals surface area contributed by atoms with E-state index in [-0.39, 0.29) is 18.1 Å². The molecule has 0 radical (unpaired) electrons. The number of hydrogen-bond donors (Lipinski definition) is 2. The van der Waals surface area contributed by atoms with E-state index in [1.54, 1.807) is 11.4 Å². The van der Waals surface area contributed by atoms with Crippen molar-refractivity contribution in [2.75, 3.05) is 10.6 Å². The molecule has 0 saturated heterocycles. The van der Waals surface area contributed by atoms with Crippen LogP contribution in [0.5, 0.6) is 0 Å². The van der Waals surface area contributed by atoms with Crippen molar-refractivity contribution in [1.29, 1.82) is 0 Å². The van der Waals surface area contributed by atoms with Gasteiger partial charge in [-0.1, -0.05) is 0 Å². The molecule has 2 N–H and O–H groups in total. The minimum absolute atomic E-state index is 0.146. The molecule has 106 valence electrons. The van der Waals surface area contributed by atoms with Crippen LogP contribution in [0.2, 0.25) is 0 Å². The van der Waals surface area contributed by atoms with E-state index in [0.717, 1.165) is 10.9 Å². The van der Waals surface area contributed by atoms with E-state index in [4.69, 9.17) is 0 Å². The number of rotatable bonds is 4. The first-order chi connectivity index (χ1) is 9.47. The first-order valence-corrected chi connectivity index (χ1v) is 6.57. The molecule has 0 atom stereocenters. The number of amides is 1. The maximum absolute atomic E-state index is 13.5. The minimum atomic E-state index is -1.25. The van der Waals surface area contributed by atoms with Crippen LogP contribution >= 0.6 is 11.3 Å². The Balaban J connectivity index is 2.13. The second-order valence-corrected chi connectivity index (χ2v) is 5.04. The number of anilines is 2. The van der Waals surface area contributed by atoms with E-state index >= 15 is 0 Å². The lowest BCUT2D eigenvalue weighted by atomic mass is 10.2. The van der Waals surface area contributed by atoms with E-state index in [1.165, 1.54) is 18.3 Å². The molecule has 3 nitrogen and oxygen atoms in total. The smallest absolute Gasteiger partial charge is 0.221 e. The summed E-state index contributed by atoms with van der Waals surface area (Å²) in [5.41, 5.74) is 0.331. The number of carbonyl (C=O) groups is 1. The molecule has 2 rings (SSSR count). The fourth-order valence-corrected chi connectivity index (χ4v) is 2.41. The molecule has 0 spiro atoms. The third-order valence-corrected chi connectivity index (χ3v) is 3.41. The van der Waals surface area contributed by atoms with Gasteiger partial charge in [0.15, 0.2) is 11.6 Å². The summed E-state index contributed by atoms with van der Waals surface area (Å²) in [4.78, 5) is 11.7. The van der Waals surface area contributed by atoms with Crippen LogP contribution in [0, 0.1) is 17.5 Å². The molecule has 1 aromatic carbocycles. The second-order valence-electron chi connectivity index (χ2n) is 4.04.